The summed E-state index contributed by atoms with van der Waals surface area (Å²) in [5.41, 5.74) is 6.96. The highest BCUT2D eigenvalue weighted by atomic mass is 79.9. The largest absolute Gasteiger partial charge is 0.493 e. The molecular formula is C13H20BrNO. The lowest BCUT2D eigenvalue weighted by Crippen LogP contribution is -2.09. The molecule has 0 fully saturated rings. The average molecular weight is 286 g/mol. The van der Waals surface area contributed by atoms with Gasteiger partial charge in [0.15, 0.2) is 0 Å². The first-order valence-electron chi connectivity index (χ1n) is 5.68. The molecule has 1 aromatic carbocycles. The molecule has 0 radical (unpaired) electrons. The highest BCUT2D eigenvalue weighted by Gasteiger charge is 2.08. The monoisotopic (exact) mass is 285 g/mol. The van der Waals surface area contributed by atoms with Crippen molar-refractivity contribution in [2.75, 3.05) is 6.61 Å². The molecule has 1 aromatic rings. The molecule has 0 aromatic heterocycles. The Balaban J connectivity index is 2.72. The molecular weight excluding hydrogens is 266 g/mol. The van der Waals surface area contributed by atoms with Crippen LogP contribution in [0.2, 0.25) is 0 Å². The van der Waals surface area contributed by atoms with Crippen LogP contribution in [0.1, 0.15) is 38.8 Å². The van der Waals surface area contributed by atoms with Crippen molar-refractivity contribution >= 4 is 15.9 Å². The Kier molecular flexibility index (Phi) is 5.29. The number of nitrogens with two attached hydrogens (primary N) is 1. The van der Waals surface area contributed by atoms with Crippen molar-refractivity contribution < 1.29 is 4.74 Å². The van der Waals surface area contributed by atoms with Crippen LogP contribution in [0.4, 0.5) is 0 Å². The van der Waals surface area contributed by atoms with Gasteiger partial charge in [-0.3, -0.25) is 0 Å². The molecule has 0 aliphatic rings. The molecule has 0 saturated carbocycles. The van der Waals surface area contributed by atoms with Crippen molar-refractivity contribution in [3.63, 3.8) is 0 Å². The van der Waals surface area contributed by atoms with Gasteiger partial charge in [0.25, 0.3) is 0 Å². The summed E-state index contributed by atoms with van der Waals surface area (Å²) in [7, 11) is 0. The Morgan fingerprint density at radius 1 is 1.31 bits per heavy atom. The second-order valence-electron chi connectivity index (χ2n) is 4.50. The summed E-state index contributed by atoms with van der Waals surface area (Å²) in [4.78, 5) is 0. The Labute approximate surface area is 106 Å². The van der Waals surface area contributed by atoms with E-state index in [-0.39, 0.29) is 6.04 Å². The van der Waals surface area contributed by atoms with Gasteiger partial charge in [-0.2, -0.15) is 0 Å². The van der Waals surface area contributed by atoms with Crippen molar-refractivity contribution in [2.45, 2.75) is 33.2 Å². The highest BCUT2D eigenvalue weighted by Crippen LogP contribution is 2.27. The minimum atomic E-state index is 0.00199. The first-order valence-corrected chi connectivity index (χ1v) is 6.48. The van der Waals surface area contributed by atoms with Crippen molar-refractivity contribution in [1.82, 2.24) is 0 Å². The van der Waals surface area contributed by atoms with Gasteiger partial charge in [-0.05, 0) is 31.4 Å². The van der Waals surface area contributed by atoms with Gasteiger partial charge in [0, 0.05) is 16.1 Å². The summed E-state index contributed by atoms with van der Waals surface area (Å²) in [6.45, 7) is 7.10. The van der Waals surface area contributed by atoms with E-state index in [1.54, 1.807) is 0 Å². The third-order valence-electron chi connectivity index (χ3n) is 2.42. The lowest BCUT2D eigenvalue weighted by atomic mass is 10.1. The maximum absolute atomic E-state index is 5.90. The van der Waals surface area contributed by atoms with Crippen LogP contribution in [0.25, 0.3) is 0 Å². The summed E-state index contributed by atoms with van der Waals surface area (Å²) < 4.78 is 6.80. The van der Waals surface area contributed by atoms with Crippen LogP contribution < -0.4 is 10.5 Å². The minimum Gasteiger partial charge on any atom is -0.493 e. The lowest BCUT2D eigenvalue weighted by molar-refractivity contribution is 0.285. The highest BCUT2D eigenvalue weighted by molar-refractivity contribution is 9.10. The van der Waals surface area contributed by atoms with Crippen LogP contribution >= 0.6 is 15.9 Å². The van der Waals surface area contributed by atoms with Crippen molar-refractivity contribution in [2.24, 2.45) is 11.7 Å². The van der Waals surface area contributed by atoms with E-state index in [9.17, 15) is 0 Å². The van der Waals surface area contributed by atoms with Crippen LogP contribution in [0.15, 0.2) is 22.7 Å². The van der Waals surface area contributed by atoms with E-state index in [2.05, 4.69) is 29.8 Å². The molecule has 0 amide bonds. The number of halogens is 1. The molecule has 0 aliphatic carbocycles. The second-order valence-corrected chi connectivity index (χ2v) is 5.42. The standard InChI is InChI=1S/C13H20BrNO/c1-9(2)6-7-16-13-8-11(14)4-5-12(13)10(3)15/h4-5,8-10H,6-7,15H2,1-3H3/t10-/m1/s1. The molecule has 1 atom stereocenters. The molecule has 16 heavy (non-hydrogen) atoms. The molecule has 1 rings (SSSR count). The summed E-state index contributed by atoms with van der Waals surface area (Å²) >= 11 is 3.45. The predicted molar refractivity (Wildman–Crippen MR) is 71.7 cm³/mol. The molecule has 0 heterocycles. The van der Waals surface area contributed by atoms with E-state index in [4.69, 9.17) is 10.5 Å². The van der Waals surface area contributed by atoms with Gasteiger partial charge < -0.3 is 10.5 Å². The van der Waals surface area contributed by atoms with Crippen molar-refractivity contribution in [1.29, 1.82) is 0 Å². The van der Waals surface area contributed by atoms with E-state index in [1.165, 1.54) is 0 Å². The molecule has 0 spiro atoms. The molecule has 2 N–H and O–H groups in total. The first-order chi connectivity index (χ1) is 7.50. The first kappa shape index (κ1) is 13.5. The van der Waals surface area contributed by atoms with E-state index in [0.29, 0.717) is 5.92 Å². The second kappa shape index (κ2) is 6.26. The van der Waals surface area contributed by atoms with Crippen LogP contribution in [0.3, 0.4) is 0 Å². The molecule has 0 bridgehead atoms. The molecule has 0 aliphatic heterocycles. The summed E-state index contributed by atoms with van der Waals surface area (Å²) in [5.74, 6) is 1.55. The lowest BCUT2D eigenvalue weighted by Gasteiger charge is -2.15. The fourth-order valence-corrected chi connectivity index (χ4v) is 1.75. The van der Waals surface area contributed by atoms with Gasteiger partial charge in [0.2, 0.25) is 0 Å². The van der Waals surface area contributed by atoms with Crippen LogP contribution in [-0.4, -0.2) is 6.61 Å². The Bertz CT molecular complexity index is 337. The van der Waals surface area contributed by atoms with Crippen LogP contribution in [0, 0.1) is 5.92 Å². The Morgan fingerprint density at radius 2 is 2.00 bits per heavy atom. The maximum atomic E-state index is 5.90. The van der Waals surface area contributed by atoms with Gasteiger partial charge >= 0.3 is 0 Å². The van der Waals surface area contributed by atoms with E-state index in [0.717, 1.165) is 28.8 Å². The molecule has 0 unspecified atom stereocenters. The van der Waals surface area contributed by atoms with Crippen molar-refractivity contribution in [3.8, 4) is 5.75 Å². The maximum Gasteiger partial charge on any atom is 0.125 e. The van der Waals surface area contributed by atoms with Gasteiger partial charge in [0.05, 0.1) is 6.61 Å². The number of rotatable bonds is 5. The normalized spacial score (nSPS) is 12.9. The summed E-state index contributed by atoms with van der Waals surface area (Å²) in [5, 5.41) is 0. The van der Waals surface area contributed by atoms with Crippen molar-refractivity contribution in [3.05, 3.63) is 28.2 Å². The average Bonchev–Trinajstić information content (AvgIpc) is 2.16. The predicted octanol–water partition coefficient (Wildman–Crippen LogP) is 3.89. The van der Waals surface area contributed by atoms with E-state index in [1.807, 2.05) is 25.1 Å². The molecule has 3 heteroatoms. The van der Waals surface area contributed by atoms with Gasteiger partial charge in [-0.1, -0.05) is 35.8 Å². The van der Waals surface area contributed by atoms with Gasteiger partial charge in [-0.15, -0.1) is 0 Å². The zero-order valence-electron chi connectivity index (χ0n) is 10.2. The quantitative estimate of drug-likeness (QED) is 0.891. The fourth-order valence-electron chi connectivity index (χ4n) is 1.41. The number of benzene rings is 1. The van der Waals surface area contributed by atoms with Crippen LogP contribution in [-0.2, 0) is 0 Å². The number of ether oxygens (including phenoxy) is 1. The summed E-state index contributed by atoms with van der Waals surface area (Å²) in [6, 6.07) is 5.99. The number of hydrogen-bond donors (Lipinski definition) is 1. The third kappa shape index (κ3) is 4.14. The van der Waals surface area contributed by atoms with Gasteiger partial charge in [-0.25, -0.2) is 0 Å². The molecule has 2 nitrogen and oxygen atoms in total. The van der Waals surface area contributed by atoms with Gasteiger partial charge in [0.1, 0.15) is 5.75 Å². The third-order valence-corrected chi connectivity index (χ3v) is 2.91. The molecule has 0 saturated heterocycles. The minimum absolute atomic E-state index is 0.00199. The topological polar surface area (TPSA) is 35.2 Å². The zero-order valence-corrected chi connectivity index (χ0v) is 11.8. The van der Waals surface area contributed by atoms with Crippen LogP contribution in [0.5, 0.6) is 5.75 Å². The Morgan fingerprint density at radius 3 is 2.56 bits per heavy atom. The Hall–Kier alpha value is -0.540. The smallest absolute Gasteiger partial charge is 0.125 e. The van der Waals surface area contributed by atoms with E-state index < -0.39 is 0 Å². The van der Waals surface area contributed by atoms with E-state index >= 15 is 0 Å². The fraction of sp³-hybridized carbons (Fsp3) is 0.538. The summed E-state index contributed by atoms with van der Waals surface area (Å²) in [6.07, 6.45) is 1.06. The zero-order chi connectivity index (χ0) is 12.1. The number of hydrogen-bond acceptors (Lipinski definition) is 2. The SMILES string of the molecule is CC(C)CCOc1cc(Br)ccc1[C@@H](C)N. The molecule has 90 valence electrons.